The van der Waals surface area contributed by atoms with Gasteiger partial charge in [0, 0.05) is 32.6 Å². The van der Waals surface area contributed by atoms with Gasteiger partial charge in [-0.2, -0.15) is 6.21 Å². The molecule has 1 unspecified atom stereocenters. The number of benzene rings is 3. The van der Waals surface area contributed by atoms with Gasteiger partial charge in [-0.25, -0.2) is 0 Å². The first kappa shape index (κ1) is 25.5. The van der Waals surface area contributed by atoms with E-state index in [-0.39, 0.29) is 21.1 Å². The van der Waals surface area contributed by atoms with Crippen LogP contribution in [0, 0.1) is 12.1 Å². The molecule has 0 aliphatic heterocycles. The van der Waals surface area contributed by atoms with Gasteiger partial charge < -0.3 is 15.0 Å². The third-order valence-electron chi connectivity index (χ3n) is 5.27. The second kappa shape index (κ2) is 11.8. The molecule has 34 heavy (non-hydrogen) atoms. The Morgan fingerprint density at radius 1 is 0.853 bits per heavy atom. The molecule has 1 aromatic heterocycles. The van der Waals surface area contributed by atoms with E-state index in [9.17, 15) is 4.57 Å². The number of rotatable bonds is 7. The van der Waals surface area contributed by atoms with Gasteiger partial charge in [0.25, 0.3) is 0 Å². The summed E-state index contributed by atoms with van der Waals surface area (Å²) in [4.78, 5) is 4.43. The van der Waals surface area contributed by atoms with Crippen molar-refractivity contribution in [3.63, 3.8) is 0 Å². The molecule has 0 saturated heterocycles. The molecule has 1 atom stereocenters. The Labute approximate surface area is 215 Å². The molecular formula is C29H22N2OPPt-3. The smallest absolute Gasteiger partial charge is 0.135 e. The predicted molar refractivity (Wildman–Crippen MR) is 139 cm³/mol. The third-order valence-corrected chi connectivity index (χ3v) is 8.17. The summed E-state index contributed by atoms with van der Waals surface area (Å²) in [6, 6.07) is 33.4. The number of allylic oxidation sites excluding steroid dienone is 4. The molecule has 4 rings (SSSR count). The number of pyridine rings is 1. The van der Waals surface area contributed by atoms with Crippen molar-refractivity contribution < 1.29 is 25.6 Å². The van der Waals surface area contributed by atoms with Gasteiger partial charge in [-0.3, -0.25) is 0 Å². The van der Waals surface area contributed by atoms with E-state index in [2.05, 4.69) is 17.1 Å². The van der Waals surface area contributed by atoms with E-state index in [1.807, 2.05) is 97.9 Å². The average molecular weight is 641 g/mol. The van der Waals surface area contributed by atoms with Crippen LogP contribution in [0.15, 0.2) is 109 Å². The van der Waals surface area contributed by atoms with Gasteiger partial charge in [0.2, 0.25) is 0 Å². The van der Waals surface area contributed by atoms with Crippen LogP contribution in [0.1, 0.15) is 12.5 Å². The monoisotopic (exact) mass is 640 g/mol. The quantitative estimate of drug-likeness (QED) is 0.115. The van der Waals surface area contributed by atoms with Gasteiger partial charge in [0.15, 0.2) is 0 Å². The molecule has 0 fully saturated rings. The van der Waals surface area contributed by atoms with Gasteiger partial charge in [0.1, 0.15) is 7.14 Å². The molecule has 0 saturated carbocycles. The zero-order valence-corrected chi connectivity index (χ0v) is 21.7. The summed E-state index contributed by atoms with van der Waals surface area (Å²) >= 11 is 0. The van der Waals surface area contributed by atoms with E-state index in [1.54, 1.807) is 18.3 Å². The van der Waals surface area contributed by atoms with Crippen molar-refractivity contribution in [3.05, 3.63) is 132 Å². The minimum Gasteiger partial charge on any atom is -0.811 e. The largest absolute Gasteiger partial charge is 0.811 e. The maximum Gasteiger partial charge on any atom is 0.135 e. The second-order valence-corrected chi connectivity index (χ2v) is 10.1. The fraction of sp³-hybridized carbons (Fsp3) is 0.0345. The van der Waals surface area contributed by atoms with Crippen LogP contribution >= 0.6 is 7.14 Å². The van der Waals surface area contributed by atoms with Crippen molar-refractivity contribution in [1.82, 2.24) is 4.98 Å². The second-order valence-electron chi connectivity index (χ2n) is 7.44. The van der Waals surface area contributed by atoms with E-state index in [0.29, 0.717) is 10.6 Å². The molecule has 0 radical (unpaired) electrons. The molecule has 172 valence electrons. The maximum absolute atomic E-state index is 14.9. The van der Waals surface area contributed by atoms with Gasteiger partial charge in [-0.1, -0.05) is 72.1 Å². The molecular weight excluding hydrogens is 618 g/mol. The number of hydrogen-bond donors (Lipinski definition) is 0. The van der Waals surface area contributed by atoms with Crippen LogP contribution in [0.3, 0.4) is 0 Å². The van der Waals surface area contributed by atoms with Crippen molar-refractivity contribution >= 4 is 34.8 Å². The Morgan fingerprint density at radius 2 is 1.56 bits per heavy atom. The summed E-state index contributed by atoms with van der Waals surface area (Å²) < 4.78 is 14.9. The Hall–Kier alpha value is -3.12. The van der Waals surface area contributed by atoms with Crippen molar-refractivity contribution in [2.75, 3.05) is 0 Å². The van der Waals surface area contributed by atoms with E-state index in [4.69, 9.17) is 5.41 Å². The van der Waals surface area contributed by atoms with E-state index < -0.39 is 7.14 Å². The van der Waals surface area contributed by atoms with Gasteiger partial charge >= 0.3 is 0 Å². The summed E-state index contributed by atoms with van der Waals surface area (Å²) in [5.74, 6) is 0. The van der Waals surface area contributed by atoms with E-state index in [1.165, 1.54) is 0 Å². The Morgan fingerprint density at radius 3 is 2.26 bits per heavy atom. The van der Waals surface area contributed by atoms with E-state index in [0.717, 1.165) is 33.9 Å². The minimum atomic E-state index is -3.25. The molecule has 0 aliphatic carbocycles. The van der Waals surface area contributed by atoms with Gasteiger partial charge in [-0.05, 0) is 11.8 Å². The van der Waals surface area contributed by atoms with E-state index >= 15 is 0 Å². The van der Waals surface area contributed by atoms with Crippen LogP contribution in [0.5, 0.6) is 0 Å². The normalized spacial score (nSPS) is 13.1. The fourth-order valence-corrected chi connectivity index (χ4v) is 6.12. The summed E-state index contributed by atoms with van der Waals surface area (Å²) in [7, 11) is -3.25. The van der Waals surface area contributed by atoms with Crippen LogP contribution in [0.25, 0.3) is 22.2 Å². The molecule has 4 aromatic rings. The standard InChI is InChI=1S/C29H22N2OP.Pt/c1-23(11-5-7-19-30)24-12-9-16-27(21-24)33(32,26-14-3-2-4-15-26)28-17-10-13-25(22-28)29-18-6-8-20-31-29;/h2-20H,1H3;/q-3;/b7-5-,23-11+;. The average Bonchev–Trinajstić information content (AvgIpc) is 2.89. The first-order chi connectivity index (χ1) is 16.1. The Kier molecular flexibility index (Phi) is 8.88. The Bertz CT molecular complexity index is 1370. The fourth-order valence-electron chi connectivity index (χ4n) is 3.57. The molecule has 3 aromatic carbocycles. The van der Waals surface area contributed by atoms with Crippen molar-refractivity contribution in [1.29, 1.82) is 0 Å². The number of aromatic nitrogens is 1. The number of hydrogen-bond acceptors (Lipinski definition) is 2. The SMILES string of the molecule is C/C(=C\C=C/C=[N-])c1[c-]c(P(=O)(c2[c-]c(-c3ccccn3)ccc2)c2ccccc2)ccc1.[Pt]. The first-order valence-electron chi connectivity index (χ1n) is 10.6. The predicted octanol–water partition coefficient (Wildman–Crippen LogP) is 5.59. The molecule has 1 heterocycles. The van der Waals surface area contributed by atoms with Crippen LogP contribution in [0.4, 0.5) is 0 Å². The zero-order chi connectivity index (χ0) is 23.1. The summed E-state index contributed by atoms with van der Waals surface area (Å²) in [6.45, 7) is 1.96. The summed E-state index contributed by atoms with van der Waals surface area (Å²) in [5.41, 5.74) is 3.36. The van der Waals surface area contributed by atoms with Crippen LogP contribution < -0.4 is 15.9 Å². The molecule has 3 nitrogen and oxygen atoms in total. The maximum atomic E-state index is 14.9. The Balaban J connectivity index is 0.00000324. The van der Waals surface area contributed by atoms with Gasteiger partial charge in [-0.15, -0.1) is 71.3 Å². The molecule has 0 spiro atoms. The summed E-state index contributed by atoms with van der Waals surface area (Å²) in [6.07, 6.45) is 7.89. The van der Waals surface area contributed by atoms with Crippen molar-refractivity contribution in [2.45, 2.75) is 6.92 Å². The molecule has 0 bridgehead atoms. The number of nitrogens with zero attached hydrogens (tertiary/aromatic N) is 2. The summed E-state index contributed by atoms with van der Waals surface area (Å²) in [5, 5.41) is 10.8. The van der Waals surface area contributed by atoms with Gasteiger partial charge in [0.05, 0.1) is 0 Å². The van der Waals surface area contributed by atoms with Crippen molar-refractivity contribution in [2.24, 2.45) is 0 Å². The minimum absolute atomic E-state index is 0. The topological polar surface area (TPSA) is 52.3 Å². The third kappa shape index (κ3) is 5.50. The zero-order valence-electron chi connectivity index (χ0n) is 18.5. The first-order valence-corrected chi connectivity index (χ1v) is 12.3. The molecule has 5 heteroatoms. The van der Waals surface area contributed by atoms with Crippen LogP contribution in [-0.2, 0) is 25.6 Å². The van der Waals surface area contributed by atoms with Crippen LogP contribution in [0.2, 0.25) is 0 Å². The van der Waals surface area contributed by atoms with Crippen LogP contribution in [-0.4, -0.2) is 11.2 Å². The molecule has 0 amide bonds. The van der Waals surface area contributed by atoms with Crippen molar-refractivity contribution in [3.8, 4) is 11.3 Å². The molecule has 0 N–H and O–H groups in total. The molecule has 0 aliphatic rings.